The number of furan rings is 1. The van der Waals surface area contributed by atoms with Gasteiger partial charge in [-0.05, 0) is 55.8 Å². The van der Waals surface area contributed by atoms with Crippen LogP contribution < -0.4 is 10.2 Å². The van der Waals surface area contributed by atoms with Crippen molar-refractivity contribution in [3.05, 3.63) is 82.6 Å². The van der Waals surface area contributed by atoms with Crippen molar-refractivity contribution >= 4 is 35.6 Å². The lowest BCUT2D eigenvalue weighted by molar-refractivity contribution is -0.122. The molecule has 0 bridgehead atoms. The number of carbonyl (C=O) groups excluding carboxylic acids is 4. The van der Waals surface area contributed by atoms with Crippen LogP contribution in [0.1, 0.15) is 27.2 Å². The molecule has 4 rings (SSSR count). The van der Waals surface area contributed by atoms with Gasteiger partial charge in [-0.3, -0.25) is 14.9 Å². The van der Waals surface area contributed by atoms with Crippen LogP contribution in [0.3, 0.4) is 0 Å². The number of nitrogens with one attached hydrogen (secondary N) is 1. The summed E-state index contributed by atoms with van der Waals surface area (Å²) >= 11 is 0. The molecule has 2 heterocycles. The Morgan fingerprint density at radius 1 is 1.00 bits per heavy atom. The first-order chi connectivity index (χ1) is 15.8. The number of aryl methyl sites for hydroxylation is 1. The lowest BCUT2D eigenvalue weighted by Crippen LogP contribution is -2.54. The summed E-state index contributed by atoms with van der Waals surface area (Å²) in [5, 5.41) is 2.18. The highest BCUT2D eigenvalue weighted by atomic mass is 16.5. The van der Waals surface area contributed by atoms with Crippen LogP contribution in [0.5, 0.6) is 0 Å². The first-order valence-electron chi connectivity index (χ1n) is 10.1. The van der Waals surface area contributed by atoms with Gasteiger partial charge in [-0.15, -0.1) is 0 Å². The third-order valence-electron chi connectivity index (χ3n) is 5.31. The summed E-state index contributed by atoms with van der Waals surface area (Å²) in [6.07, 6.45) is 1.29. The van der Waals surface area contributed by atoms with E-state index in [9.17, 15) is 19.2 Å². The second-order valence-electron chi connectivity index (χ2n) is 7.47. The van der Waals surface area contributed by atoms with Gasteiger partial charge in [0.15, 0.2) is 0 Å². The van der Waals surface area contributed by atoms with Crippen LogP contribution in [0.15, 0.2) is 64.6 Å². The van der Waals surface area contributed by atoms with Gasteiger partial charge in [0.2, 0.25) is 0 Å². The molecule has 8 nitrogen and oxygen atoms in total. The molecule has 0 spiro atoms. The summed E-state index contributed by atoms with van der Waals surface area (Å²) in [4.78, 5) is 50.6. The van der Waals surface area contributed by atoms with Gasteiger partial charge in [0.25, 0.3) is 11.8 Å². The Hall–Kier alpha value is -4.46. The minimum Gasteiger partial charge on any atom is -0.465 e. The quantitative estimate of drug-likeness (QED) is 0.370. The van der Waals surface area contributed by atoms with E-state index in [4.69, 9.17) is 9.15 Å². The monoisotopic (exact) mass is 444 g/mol. The third kappa shape index (κ3) is 4.06. The van der Waals surface area contributed by atoms with Crippen LogP contribution in [0.25, 0.3) is 17.4 Å². The van der Waals surface area contributed by atoms with Crippen LogP contribution >= 0.6 is 0 Å². The molecule has 1 aliphatic heterocycles. The second kappa shape index (κ2) is 8.58. The molecule has 33 heavy (non-hydrogen) atoms. The highest BCUT2D eigenvalue weighted by Gasteiger charge is 2.37. The number of esters is 1. The number of ether oxygens (including phenoxy) is 1. The molecule has 1 N–H and O–H groups in total. The van der Waals surface area contributed by atoms with E-state index in [-0.39, 0.29) is 11.3 Å². The lowest BCUT2D eigenvalue weighted by Gasteiger charge is -2.26. The molecule has 0 saturated carbocycles. The molecule has 0 radical (unpaired) electrons. The fraction of sp³-hybridized carbons (Fsp3) is 0.120. The minimum absolute atomic E-state index is 0.240. The maximum atomic E-state index is 13.0. The summed E-state index contributed by atoms with van der Waals surface area (Å²) in [7, 11) is 1.31. The van der Waals surface area contributed by atoms with E-state index in [2.05, 4.69) is 5.32 Å². The molecule has 1 fully saturated rings. The zero-order chi connectivity index (χ0) is 23.7. The number of nitrogens with zero attached hydrogens (tertiary/aromatic N) is 1. The second-order valence-corrected chi connectivity index (χ2v) is 7.47. The molecule has 2 aromatic carbocycles. The fourth-order valence-corrected chi connectivity index (χ4v) is 3.54. The summed E-state index contributed by atoms with van der Waals surface area (Å²) < 4.78 is 10.6. The molecule has 1 aliphatic rings. The normalized spacial score (nSPS) is 15.1. The van der Waals surface area contributed by atoms with Crippen LogP contribution in [0.2, 0.25) is 0 Å². The van der Waals surface area contributed by atoms with Gasteiger partial charge in [-0.2, -0.15) is 0 Å². The summed E-state index contributed by atoms with van der Waals surface area (Å²) in [5.41, 5.74) is 2.80. The predicted octanol–water partition coefficient (Wildman–Crippen LogP) is 4.02. The van der Waals surface area contributed by atoms with Crippen molar-refractivity contribution in [1.82, 2.24) is 5.32 Å². The zero-order valence-electron chi connectivity index (χ0n) is 18.2. The standard InChI is InChI=1S/C25H20N2O6/c1-14-7-9-16(10-8-14)27-23(29)20(22(28)26-25(27)31)13-17-11-12-21(33-17)18-5-4-6-19(15(18)2)24(30)32-3/h4-13H,1-3H3,(H,26,28,31)/b20-13+. The molecule has 1 saturated heterocycles. The van der Waals surface area contributed by atoms with Gasteiger partial charge in [-0.1, -0.05) is 29.8 Å². The molecule has 0 atom stereocenters. The van der Waals surface area contributed by atoms with Crippen molar-refractivity contribution < 1.29 is 28.3 Å². The third-order valence-corrected chi connectivity index (χ3v) is 5.31. The lowest BCUT2D eigenvalue weighted by atomic mass is 10.0. The van der Waals surface area contributed by atoms with Gasteiger partial charge < -0.3 is 9.15 Å². The van der Waals surface area contributed by atoms with Crippen molar-refractivity contribution in [2.45, 2.75) is 13.8 Å². The van der Waals surface area contributed by atoms with Crippen molar-refractivity contribution in [3.8, 4) is 11.3 Å². The Kier molecular flexibility index (Phi) is 5.66. The van der Waals surface area contributed by atoms with Gasteiger partial charge in [0.05, 0.1) is 18.4 Å². The Morgan fingerprint density at radius 3 is 2.42 bits per heavy atom. The summed E-state index contributed by atoms with van der Waals surface area (Å²) in [6.45, 7) is 3.65. The van der Waals surface area contributed by atoms with Crippen molar-refractivity contribution in [3.63, 3.8) is 0 Å². The van der Waals surface area contributed by atoms with E-state index < -0.39 is 23.8 Å². The first-order valence-corrected chi connectivity index (χ1v) is 10.1. The number of hydrogen-bond donors (Lipinski definition) is 1. The number of imide groups is 2. The summed E-state index contributed by atoms with van der Waals surface area (Å²) in [6, 6.07) is 14.4. The van der Waals surface area contributed by atoms with Gasteiger partial charge in [0, 0.05) is 5.56 Å². The maximum Gasteiger partial charge on any atom is 0.338 e. The van der Waals surface area contributed by atoms with Gasteiger partial charge >= 0.3 is 12.0 Å². The number of carbonyl (C=O) groups is 4. The van der Waals surface area contributed by atoms with Crippen molar-refractivity contribution in [2.24, 2.45) is 0 Å². The number of rotatable bonds is 4. The Balaban J connectivity index is 1.68. The molecule has 0 aliphatic carbocycles. The average molecular weight is 444 g/mol. The minimum atomic E-state index is -0.818. The first kappa shape index (κ1) is 21.8. The van der Waals surface area contributed by atoms with Crippen LogP contribution in [0, 0.1) is 13.8 Å². The topological polar surface area (TPSA) is 106 Å². The van der Waals surface area contributed by atoms with Crippen molar-refractivity contribution in [1.29, 1.82) is 0 Å². The highest BCUT2D eigenvalue weighted by molar-refractivity contribution is 6.39. The molecular formula is C25H20N2O6. The van der Waals surface area contributed by atoms with E-state index in [0.29, 0.717) is 28.1 Å². The van der Waals surface area contributed by atoms with Gasteiger partial charge in [0.1, 0.15) is 17.1 Å². The van der Waals surface area contributed by atoms with E-state index >= 15 is 0 Å². The molecular weight excluding hydrogens is 424 g/mol. The molecule has 8 heteroatoms. The highest BCUT2D eigenvalue weighted by Crippen LogP contribution is 2.29. The van der Waals surface area contributed by atoms with Crippen molar-refractivity contribution in [2.75, 3.05) is 12.0 Å². The number of urea groups is 1. The smallest absolute Gasteiger partial charge is 0.338 e. The van der Waals surface area contributed by atoms with E-state index in [1.807, 2.05) is 6.92 Å². The van der Waals surface area contributed by atoms with Crippen LogP contribution in [-0.4, -0.2) is 30.9 Å². The van der Waals surface area contributed by atoms with E-state index in [1.54, 1.807) is 61.5 Å². The molecule has 166 valence electrons. The molecule has 4 amide bonds. The molecule has 1 aromatic heterocycles. The van der Waals surface area contributed by atoms with E-state index in [1.165, 1.54) is 13.2 Å². The number of methoxy groups -OCH3 is 1. The van der Waals surface area contributed by atoms with Gasteiger partial charge in [-0.25, -0.2) is 14.5 Å². The average Bonchev–Trinajstić information content (AvgIpc) is 3.26. The number of anilines is 1. The zero-order valence-corrected chi connectivity index (χ0v) is 18.2. The Labute approximate surface area is 189 Å². The largest absolute Gasteiger partial charge is 0.465 e. The maximum absolute atomic E-state index is 13.0. The predicted molar refractivity (Wildman–Crippen MR) is 120 cm³/mol. The fourth-order valence-electron chi connectivity index (χ4n) is 3.54. The summed E-state index contributed by atoms with van der Waals surface area (Å²) in [5.74, 6) is -1.34. The number of amides is 4. The van der Waals surface area contributed by atoms with Crippen LogP contribution in [0.4, 0.5) is 10.5 Å². The van der Waals surface area contributed by atoms with E-state index in [0.717, 1.165) is 10.5 Å². The SMILES string of the molecule is COC(=O)c1cccc(-c2ccc(/C=C3\C(=O)NC(=O)N(c4ccc(C)cc4)C3=O)o2)c1C. The molecule has 0 unspecified atom stereocenters. The number of benzene rings is 2. The molecule has 3 aromatic rings. The Bertz CT molecular complexity index is 1320. The number of barbiturate groups is 1. The number of hydrogen-bond acceptors (Lipinski definition) is 6. The van der Waals surface area contributed by atoms with Crippen LogP contribution in [-0.2, 0) is 14.3 Å². The Morgan fingerprint density at radius 2 is 1.73 bits per heavy atom.